The summed E-state index contributed by atoms with van der Waals surface area (Å²) in [7, 11) is 0. The lowest BCUT2D eigenvalue weighted by atomic mass is 10.2. The summed E-state index contributed by atoms with van der Waals surface area (Å²) in [6.45, 7) is 0. The summed E-state index contributed by atoms with van der Waals surface area (Å²) in [5, 5.41) is 4.53. The fraction of sp³-hybridized carbons (Fsp3) is 0. The van der Waals surface area contributed by atoms with Gasteiger partial charge in [-0.05, 0) is 30.3 Å². The van der Waals surface area contributed by atoms with Gasteiger partial charge < -0.3 is 5.73 Å². The number of benzene rings is 1. The Labute approximate surface area is 119 Å². The van der Waals surface area contributed by atoms with Gasteiger partial charge in [0, 0.05) is 22.4 Å². The third-order valence-electron chi connectivity index (χ3n) is 2.77. The monoisotopic (exact) mass is 314 g/mol. The molecule has 0 unspecified atom stereocenters. The number of aromatic nitrogens is 3. The van der Waals surface area contributed by atoms with Gasteiger partial charge in [0.1, 0.15) is 5.69 Å². The third kappa shape index (κ3) is 2.37. The Balaban J connectivity index is 2.07. The van der Waals surface area contributed by atoms with E-state index in [-0.39, 0.29) is 0 Å². The second-order valence-corrected chi connectivity index (χ2v) is 5.01. The van der Waals surface area contributed by atoms with Crippen molar-refractivity contribution in [3.05, 3.63) is 59.5 Å². The second kappa shape index (κ2) is 4.85. The van der Waals surface area contributed by atoms with Crippen LogP contribution in [0.2, 0.25) is 0 Å². The first-order valence-electron chi connectivity index (χ1n) is 5.75. The summed E-state index contributed by atoms with van der Waals surface area (Å²) in [4.78, 5) is 4.00. The lowest BCUT2D eigenvalue weighted by Gasteiger charge is -2.01. The molecule has 0 amide bonds. The fourth-order valence-electron chi connectivity index (χ4n) is 1.87. The quantitative estimate of drug-likeness (QED) is 0.789. The Morgan fingerprint density at radius 1 is 1.11 bits per heavy atom. The molecular formula is C14H11BrN4. The zero-order valence-electron chi connectivity index (χ0n) is 9.99. The van der Waals surface area contributed by atoms with Gasteiger partial charge in [-0.1, -0.05) is 22.0 Å². The van der Waals surface area contributed by atoms with E-state index < -0.39 is 0 Å². The van der Waals surface area contributed by atoms with Crippen LogP contribution in [0.3, 0.4) is 0 Å². The molecule has 94 valence electrons. The van der Waals surface area contributed by atoms with Crippen molar-refractivity contribution >= 4 is 21.6 Å². The minimum Gasteiger partial charge on any atom is -0.396 e. The van der Waals surface area contributed by atoms with E-state index in [1.807, 2.05) is 42.6 Å². The van der Waals surface area contributed by atoms with E-state index in [1.165, 1.54) is 0 Å². The van der Waals surface area contributed by atoms with Gasteiger partial charge in [-0.25, -0.2) is 4.68 Å². The highest BCUT2D eigenvalue weighted by Gasteiger charge is 2.09. The Kier molecular flexibility index (Phi) is 3.05. The molecule has 4 nitrogen and oxygen atoms in total. The van der Waals surface area contributed by atoms with Crippen molar-refractivity contribution in [3.8, 4) is 16.9 Å². The largest absolute Gasteiger partial charge is 0.396 e. The molecule has 19 heavy (non-hydrogen) atoms. The number of hydrogen-bond donors (Lipinski definition) is 1. The molecule has 0 atom stereocenters. The average molecular weight is 315 g/mol. The molecule has 3 rings (SSSR count). The lowest BCUT2D eigenvalue weighted by Crippen LogP contribution is -1.94. The number of hydrogen-bond acceptors (Lipinski definition) is 3. The highest BCUT2D eigenvalue weighted by Crippen LogP contribution is 2.25. The number of nitrogens with two attached hydrogens (primary N) is 1. The second-order valence-electron chi connectivity index (χ2n) is 4.09. The highest BCUT2D eigenvalue weighted by atomic mass is 79.9. The zero-order chi connectivity index (χ0) is 13.2. The van der Waals surface area contributed by atoms with E-state index in [0.717, 1.165) is 21.4 Å². The SMILES string of the molecule is Nc1cn(-c2cccc(Br)c2)nc1-c1ccncc1. The van der Waals surface area contributed by atoms with Crippen LogP contribution >= 0.6 is 15.9 Å². The number of rotatable bonds is 2. The van der Waals surface area contributed by atoms with Crippen LogP contribution in [0.15, 0.2) is 59.5 Å². The van der Waals surface area contributed by atoms with Gasteiger partial charge in [0.05, 0.1) is 17.6 Å². The Hall–Kier alpha value is -2.14. The van der Waals surface area contributed by atoms with Crippen molar-refractivity contribution in [3.63, 3.8) is 0 Å². The summed E-state index contributed by atoms with van der Waals surface area (Å²) in [5.41, 5.74) is 9.36. The third-order valence-corrected chi connectivity index (χ3v) is 3.26. The van der Waals surface area contributed by atoms with Crippen molar-refractivity contribution in [2.75, 3.05) is 5.73 Å². The number of anilines is 1. The molecular weight excluding hydrogens is 304 g/mol. The van der Waals surface area contributed by atoms with Crippen LogP contribution in [0.5, 0.6) is 0 Å². The first-order valence-corrected chi connectivity index (χ1v) is 6.55. The van der Waals surface area contributed by atoms with Crippen molar-refractivity contribution in [2.24, 2.45) is 0 Å². The maximum absolute atomic E-state index is 6.03. The molecule has 5 heteroatoms. The Morgan fingerprint density at radius 2 is 1.89 bits per heavy atom. The van der Waals surface area contributed by atoms with Crippen LogP contribution in [-0.2, 0) is 0 Å². The van der Waals surface area contributed by atoms with E-state index in [0.29, 0.717) is 5.69 Å². The van der Waals surface area contributed by atoms with Crippen LogP contribution in [-0.4, -0.2) is 14.8 Å². The van der Waals surface area contributed by atoms with E-state index >= 15 is 0 Å². The Morgan fingerprint density at radius 3 is 2.63 bits per heavy atom. The molecule has 0 bridgehead atoms. The summed E-state index contributed by atoms with van der Waals surface area (Å²) >= 11 is 3.45. The molecule has 3 aromatic rings. The molecule has 0 saturated carbocycles. The molecule has 0 radical (unpaired) electrons. The molecule has 0 saturated heterocycles. The van der Waals surface area contributed by atoms with Gasteiger partial charge >= 0.3 is 0 Å². The highest BCUT2D eigenvalue weighted by molar-refractivity contribution is 9.10. The maximum Gasteiger partial charge on any atom is 0.116 e. The van der Waals surface area contributed by atoms with E-state index in [1.54, 1.807) is 17.1 Å². The van der Waals surface area contributed by atoms with Crippen molar-refractivity contribution < 1.29 is 0 Å². The molecule has 2 aromatic heterocycles. The molecule has 2 N–H and O–H groups in total. The molecule has 0 aliphatic heterocycles. The normalized spacial score (nSPS) is 10.6. The van der Waals surface area contributed by atoms with Gasteiger partial charge in [-0.3, -0.25) is 4.98 Å². The van der Waals surface area contributed by atoms with Gasteiger partial charge in [0.15, 0.2) is 0 Å². The first kappa shape index (κ1) is 11.9. The molecule has 0 aliphatic carbocycles. The number of pyridine rings is 1. The smallest absolute Gasteiger partial charge is 0.116 e. The van der Waals surface area contributed by atoms with Gasteiger partial charge in [0.25, 0.3) is 0 Å². The van der Waals surface area contributed by atoms with Crippen molar-refractivity contribution in [1.29, 1.82) is 0 Å². The lowest BCUT2D eigenvalue weighted by molar-refractivity contribution is 0.883. The van der Waals surface area contributed by atoms with Crippen LogP contribution in [0, 0.1) is 0 Å². The molecule has 1 aromatic carbocycles. The maximum atomic E-state index is 6.03. The Bertz CT molecular complexity index is 706. The first-order chi connectivity index (χ1) is 9.24. The zero-order valence-corrected chi connectivity index (χ0v) is 11.6. The minimum absolute atomic E-state index is 0.645. The molecule has 0 fully saturated rings. The average Bonchev–Trinajstić information content (AvgIpc) is 2.82. The van der Waals surface area contributed by atoms with Gasteiger partial charge in [-0.15, -0.1) is 0 Å². The number of halogens is 1. The summed E-state index contributed by atoms with van der Waals surface area (Å²) in [6, 6.07) is 11.7. The molecule has 0 aliphatic rings. The van der Waals surface area contributed by atoms with Gasteiger partial charge in [0.2, 0.25) is 0 Å². The van der Waals surface area contributed by atoms with Crippen LogP contribution in [0.4, 0.5) is 5.69 Å². The fourth-order valence-corrected chi connectivity index (χ4v) is 2.26. The van der Waals surface area contributed by atoms with Gasteiger partial charge in [-0.2, -0.15) is 5.10 Å². The summed E-state index contributed by atoms with van der Waals surface area (Å²) in [5.74, 6) is 0. The minimum atomic E-state index is 0.645. The van der Waals surface area contributed by atoms with Crippen molar-refractivity contribution in [1.82, 2.24) is 14.8 Å². The predicted molar refractivity (Wildman–Crippen MR) is 78.9 cm³/mol. The summed E-state index contributed by atoms with van der Waals surface area (Å²) < 4.78 is 2.78. The standard InChI is InChI=1S/C14H11BrN4/c15-11-2-1-3-12(8-11)19-9-13(16)14(18-19)10-4-6-17-7-5-10/h1-9H,16H2. The molecule has 2 heterocycles. The van der Waals surface area contributed by atoms with E-state index in [4.69, 9.17) is 5.73 Å². The topological polar surface area (TPSA) is 56.7 Å². The predicted octanol–water partition coefficient (Wildman–Crippen LogP) is 3.28. The van der Waals surface area contributed by atoms with Crippen molar-refractivity contribution in [2.45, 2.75) is 0 Å². The number of nitrogen functional groups attached to an aromatic ring is 1. The van der Waals surface area contributed by atoms with E-state index in [9.17, 15) is 0 Å². The van der Waals surface area contributed by atoms with Crippen LogP contribution in [0.25, 0.3) is 16.9 Å². The van der Waals surface area contributed by atoms with Crippen LogP contribution < -0.4 is 5.73 Å². The van der Waals surface area contributed by atoms with Crippen LogP contribution in [0.1, 0.15) is 0 Å². The van der Waals surface area contributed by atoms with E-state index in [2.05, 4.69) is 26.0 Å². The summed E-state index contributed by atoms with van der Waals surface area (Å²) in [6.07, 6.45) is 5.28. The molecule has 0 spiro atoms. The number of nitrogens with zero attached hydrogens (tertiary/aromatic N) is 3.